The van der Waals surface area contributed by atoms with E-state index in [0.29, 0.717) is 12.8 Å². The molecule has 1 saturated heterocycles. The molecule has 0 spiro atoms. The second-order valence-corrected chi connectivity index (χ2v) is 7.93. The second-order valence-electron chi connectivity index (χ2n) is 7.52. The average molecular weight is 409 g/mol. The van der Waals surface area contributed by atoms with Gasteiger partial charge in [0, 0.05) is 0 Å². The number of halogens is 1. The molecule has 0 radical (unpaired) electrons. The van der Waals surface area contributed by atoms with Gasteiger partial charge in [0.25, 0.3) is 17.7 Å². The van der Waals surface area contributed by atoms with Crippen molar-refractivity contribution in [2.75, 3.05) is 0 Å². The number of allylic oxidation sites excluding steroid dienone is 2. The summed E-state index contributed by atoms with van der Waals surface area (Å²) in [6, 6.07) is 16.0. The molecule has 1 fully saturated rings. The summed E-state index contributed by atoms with van der Waals surface area (Å²) in [4.78, 5) is 39.8. The van der Waals surface area contributed by atoms with E-state index in [1.807, 2.05) is 43.3 Å². The van der Waals surface area contributed by atoms with Gasteiger partial charge in [-0.25, -0.2) is 5.01 Å². The lowest BCUT2D eigenvalue weighted by Gasteiger charge is -2.31. The zero-order chi connectivity index (χ0) is 20.5. The maximum absolute atomic E-state index is 13.4. The highest BCUT2D eigenvalue weighted by molar-refractivity contribution is 6.33. The number of benzene rings is 2. The number of rotatable bonds is 4. The fraction of sp³-hybridized carbons (Fsp3) is 0.261. The molecule has 0 aromatic heterocycles. The molecule has 2 aromatic rings. The molecule has 2 aromatic carbocycles. The number of hydrogen-bond donors (Lipinski definition) is 0. The van der Waals surface area contributed by atoms with Crippen molar-refractivity contribution in [3.8, 4) is 0 Å². The second kappa shape index (κ2) is 7.84. The smallest absolute Gasteiger partial charge is 0.272 e. The zero-order valence-electron chi connectivity index (χ0n) is 16.0. The van der Waals surface area contributed by atoms with E-state index in [4.69, 9.17) is 11.6 Å². The van der Waals surface area contributed by atoms with Crippen LogP contribution in [0.4, 0.5) is 0 Å². The number of amides is 3. The monoisotopic (exact) mass is 408 g/mol. The van der Waals surface area contributed by atoms with Crippen LogP contribution in [0.3, 0.4) is 0 Å². The normalized spacial score (nSPS) is 21.0. The van der Waals surface area contributed by atoms with E-state index in [1.54, 1.807) is 24.3 Å². The Hall–Kier alpha value is -2.92. The summed E-state index contributed by atoms with van der Waals surface area (Å²) >= 11 is 6.24. The van der Waals surface area contributed by atoms with Crippen LogP contribution in [0.5, 0.6) is 0 Å². The molecular formula is C23H21ClN2O3. The molecule has 6 heteroatoms. The standard InChI is InChI=1S/C23H21ClN2O3/c1-15-11-12-17-19(13-15)23(29)26(22(17)28)25(14-16-7-3-2-4-8-16)21(27)18-9-5-6-10-20(18)24/h2-11,17,19H,12-14H2,1H3/t17-,19+/m1/s1. The van der Waals surface area contributed by atoms with Crippen LogP contribution in [0.2, 0.25) is 5.02 Å². The molecule has 1 aliphatic carbocycles. The summed E-state index contributed by atoms with van der Waals surface area (Å²) in [5.41, 5.74) is 2.17. The highest BCUT2D eigenvalue weighted by Crippen LogP contribution is 2.39. The number of hydrazine groups is 1. The predicted molar refractivity (Wildman–Crippen MR) is 110 cm³/mol. The van der Waals surface area contributed by atoms with Gasteiger partial charge in [-0.05, 0) is 37.5 Å². The van der Waals surface area contributed by atoms with Gasteiger partial charge in [0.1, 0.15) is 0 Å². The van der Waals surface area contributed by atoms with Gasteiger partial charge < -0.3 is 0 Å². The fourth-order valence-electron chi connectivity index (χ4n) is 4.02. The zero-order valence-corrected chi connectivity index (χ0v) is 16.8. The summed E-state index contributed by atoms with van der Waals surface area (Å²) in [7, 11) is 0. The fourth-order valence-corrected chi connectivity index (χ4v) is 4.24. The number of nitrogens with zero attached hydrogens (tertiary/aromatic N) is 2. The first-order chi connectivity index (χ1) is 14.0. The maximum Gasteiger partial charge on any atom is 0.274 e. The Labute approximate surface area is 174 Å². The molecule has 2 aliphatic rings. The minimum Gasteiger partial charge on any atom is -0.272 e. The van der Waals surface area contributed by atoms with Gasteiger partial charge in [-0.15, -0.1) is 0 Å². The van der Waals surface area contributed by atoms with Gasteiger partial charge in [0.05, 0.1) is 29.0 Å². The predicted octanol–water partition coefficient (Wildman–Crippen LogP) is 4.24. The van der Waals surface area contributed by atoms with Crippen LogP contribution in [0.1, 0.15) is 35.7 Å². The van der Waals surface area contributed by atoms with E-state index in [0.717, 1.165) is 16.1 Å². The van der Waals surface area contributed by atoms with Gasteiger partial charge in [0.15, 0.2) is 0 Å². The van der Waals surface area contributed by atoms with Crippen LogP contribution in [0.25, 0.3) is 0 Å². The van der Waals surface area contributed by atoms with Gasteiger partial charge >= 0.3 is 0 Å². The van der Waals surface area contributed by atoms with E-state index in [-0.39, 0.29) is 28.9 Å². The number of carbonyl (C=O) groups excluding carboxylic acids is 3. The molecule has 4 rings (SSSR count). The highest BCUT2D eigenvalue weighted by Gasteiger charge is 2.51. The van der Waals surface area contributed by atoms with Gasteiger partial charge in [0.2, 0.25) is 0 Å². The minimum absolute atomic E-state index is 0.105. The van der Waals surface area contributed by atoms with Crippen molar-refractivity contribution in [1.29, 1.82) is 0 Å². The number of hydrogen-bond acceptors (Lipinski definition) is 3. The Morgan fingerprint density at radius 1 is 1.03 bits per heavy atom. The Morgan fingerprint density at radius 3 is 2.41 bits per heavy atom. The summed E-state index contributed by atoms with van der Waals surface area (Å²) in [5, 5.41) is 2.58. The highest BCUT2D eigenvalue weighted by atomic mass is 35.5. The molecule has 0 unspecified atom stereocenters. The lowest BCUT2D eigenvalue weighted by Crippen LogP contribution is -2.49. The minimum atomic E-state index is -0.468. The molecular weight excluding hydrogens is 388 g/mol. The number of fused-ring (bicyclic) bond motifs is 1. The first kappa shape index (κ1) is 19.4. The van der Waals surface area contributed by atoms with Crippen molar-refractivity contribution in [3.63, 3.8) is 0 Å². The van der Waals surface area contributed by atoms with E-state index in [2.05, 4.69) is 0 Å². The lowest BCUT2D eigenvalue weighted by molar-refractivity contribution is -0.155. The molecule has 3 amide bonds. The average Bonchev–Trinajstić information content (AvgIpc) is 2.96. The molecule has 0 saturated carbocycles. The Morgan fingerprint density at radius 2 is 1.69 bits per heavy atom. The SMILES string of the molecule is CC1=CC[C@H]2C(=O)N(N(Cc3ccccc3)C(=O)c3ccccc3Cl)C(=O)[C@H]2C1. The van der Waals surface area contributed by atoms with Crippen LogP contribution in [0.15, 0.2) is 66.2 Å². The first-order valence-corrected chi connectivity index (χ1v) is 9.99. The van der Waals surface area contributed by atoms with E-state index in [9.17, 15) is 14.4 Å². The topological polar surface area (TPSA) is 57.7 Å². The molecule has 148 valence electrons. The number of carbonyl (C=O) groups is 3. The largest absolute Gasteiger partial charge is 0.274 e. The first-order valence-electron chi connectivity index (χ1n) is 9.61. The van der Waals surface area contributed by atoms with Crippen LogP contribution >= 0.6 is 11.6 Å². The van der Waals surface area contributed by atoms with Crippen molar-refractivity contribution in [2.45, 2.75) is 26.3 Å². The summed E-state index contributed by atoms with van der Waals surface area (Å²) < 4.78 is 0. The summed E-state index contributed by atoms with van der Waals surface area (Å²) in [6.07, 6.45) is 3.08. The Kier molecular flexibility index (Phi) is 5.24. The molecule has 5 nitrogen and oxygen atoms in total. The van der Waals surface area contributed by atoms with Crippen LogP contribution < -0.4 is 0 Å². The molecule has 1 aliphatic heterocycles. The van der Waals surface area contributed by atoms with E-state index < -0.39 is 17.7 Å². The van der Waals surface area contributed by atoms with Crippen LogP contribution in [0, 0.1) is 11.8 Å². The number of imide groups is 1. The molecule has 29 heavy (non-hydrogen) atoms. The summed E-state index contributed by atoms with van der Waals surface area (Å²) in [5.74, 6) is -1.93. The quantitative estimate of drug-likeness (QED) is 0.561. The lowest BCUT2D eigenvalue weighted by atomic mass is 9.82. The van der Waals surface area contributed by atoms with Gasteiger partial charge in [-0.1, -0.05) is 65.7 Å². The molecule has 0 bridgehead atoms. The molecule has 2 atom stereocenters. The van der Waals surface area contributed by atoms with Crippen LogP contribution in [-0.4, -0.2) is 27.7 Å². The molecule has 0 N–H and O–H groups in total. The third kappa shape index (κ3) is 3.58. The van der Waals surface area contributed by atoms with Crippen molar-refractivity contribution in [2.24, 2.45) is 11.8 Å². The summed E-state index contributed by atoms with van der Waals surface area (Å²) in [6.45, 7) is 2.07. The third-order valence-corrected chi connectivity index (χ3v) is 5.88. The van der Waals surface area contributed by atoms with Gasteiger partial charge in [-0.2, -0.15) is 5.01 Å². The maximum atomic E-state index is 13.4. The van der Waals surface area contributed by atoms with E-state index >= 15 is 0 Å². The third-order valence-electron chi connectivity index (χ3n) is 5.56. The van der Waals surface area contributed by atoms with E-state index in [1.165, 1.54) is 5.01 Å². The van der Waals surface area contributed by atoms with Crippen LogP contribution in [-0.2, 0) is 16.1 Å². The van der Waals surface area contributed by atoms with Crippen molar-refractivity contribution >= 4 is 29.3 Å². The molecule has 1 heterocycles. The Balaban J connectivity index is 1.73. The Bertz CT molecular complexity index is 1000. The van der Waals surface area contributed by atoms with Gasteiger partial charge in [-0.3, -0.25) is 14.4 Å². The van der Waals surface area contributed by atoms with Crippen molar-refractivity contribution < 1.29 is 14.4 Å². The van der Waals surface area contributed by atoms with Crippen molar-refractivity contribution in [3.05, 3.63) is 82.4 Å². The van der Waals surface area contributed by atoms with Crippen molar-refractivity contribution in [1.82, 2.24) is 10.0 Å².